The molecule has 1 fully saturated rings. The molecular weight excluding hydrogens is 178 g/mol. The lowest BCUT2D eigenvalue weighted by Crippen LogP contribution is -2.32. The zero-order valence-electron chi connectivity index (χ0n) is 8.13. The van der Waals surface area contributed by atoms with Crippen molar-refractivity contribution in [3.63, 3.8) is 0 Å². The first-order valence-electron chi connectivity index (χ1n) is 5.01. The van der Waals surface area contributed by atoms with Gasteiger partial charge >= 0.3 is 0 Å². The maximum absolute atomic E-state index is 9.13. The van der Waals surface area contributed by atoms with Crippen LogP contribution in [0, 0.1) is 0 Å². The second-order valence-electron chi connectivity index (χ2n) is 3.61. The average Bonchev–Trinajstić information content (AvgIpc) is 2.67. The Balaban J connectivity index is 1.97. The van der Waals surface area contributed by atoms with E-state index < -0.39 is 0 Å². The Bertz CT molecular complexity index is 278. The van der Waals surface area contributed by atoms with Gasteiger partial charge < -0.3 is 5.11 Å². The fourth-order valence-corrected chi connectivity index (χ4v) is 1.90. The zero-order chi connectivity index (χ0) is 9.80. The van der Waals surface area contributed by atoms with Gasteiger partial charge in [-0.2, -0.15) is 0 Å². The van der Waals surface area contributed by atoms with Crippen LogP contribution >= 0.6 is 0 Å². The Morgan fingerprint density at radius 1 is 1.43 bits per heavy atom. The second-order valence-corrected chi connectivity index (χ2v) is 3.61. The van der Waals surface area contributed by atoms with Crippen LogP contribution in [0.1, 0.15) is 18.7 Å². The predicted molar refractivity (Wildman–Crippen MR) is 52.5 cm³/mol. The van der Waals surface area contributed by atoms with Crippen LogP contribution in [0.15, 0.2) is 18.5 Å². The van der Waals surface area contributed by atoms with Crippen molar-refractivity contribution in [3.05, 3.63) is 24.3 Å². The molecule has 1 N–H and O–H groups in total. The van der Waals surface area contributed by atoms with Crippen LogP contribution in [0.5, 0.6) is 0 Å². The minimum atomic E-state index is 0.243. The van der Waals surface area contributed by atoms with Gasteiger partial charge in [0.2, 0.25) is 0 Å². The summed E-state index contributed by atoms with van der Waals surface area (Å²) in [6.45, 7) is 2.04. The van der Waals surface area contributed by atoms with Crippen molar-refractivity contribution in [2.45, 2.75) is 25.4 Å². The van der Waals surface area contributed by atoms with Gasteiger partial charge in [-0.15, -0.1) is 0 Å². The molecule has 76 valence electrons. The summed E-state index contributed by atoms with van der Waals surface area (Å²) in [5, 5.41) is 9.13. The first kappa shape index (κ1) is 9.55. The molecule has 1 saturated heterocycles. The van der Waals surface area contributed by atoms with Gasteiger partial charge in [-0.1, -0.05) is 0 Å². The lowest BCUT2D eigenvalue weighted by Gasteiger charge is -2.21. The van der Waals surface area contributed by atoms with Crippen LogP contribution in [0.2, 0.25) is 0 Å². The highest BCUT2D eigenvalue weighted by Crippen LogP contribution is 2.17. The van der Waals surface area contributed by atoms with Crippen molar-refractivity contribution in [3.8, 4) is 0 Å². The van der Waals surface area contributed by atoms with Crippen LogP contribution in [0.25, 0.3) is 0 Å². The summed E-state index contributed by atoms with van der Waals surface area (Å²) in [7, 11) is 0. The molecule has 1 aliphatic heterocycles. The second kappa shape index (κ2) is 4.48. The molecular formula is C10H15N3O. The molecule has 1 aromatic rings. The van der Waals surface area contributed by atoms with E-state index in [1.165, 1.54) is 0 Å². The van der Waals surface area contributed by atoms with E-state index in [9.17, 15) is 0 Å². The van der Waals surface area contributed by atoms with E-state index in [0.29, 0.717) is 6.04 Å². The number of nitrogens with zero attached hydrogens (tertiary/aromatic N) is 3. The molecule has 0 spiro atoms. The van der Waals surface area contributed by atoms with E-state index in [2.05, 4.69) is 14.9 Å². The van der Waals surface area contributed by atoms with Crippen molar-refractivity contribution in [1.82, 2.24) is 14.9 Å². The van der Waals surface area contributed by atoms with Gasteiger partial charge in [-0.05, 0) is 25.5 Å². The molecule has 2 heterocycles. The number of rotatable bonds is 3. The summed E-state index contributed by atoms with van der Waals surface area (Å²) in [6, 6.07) is 2.12. The lowest BCUT2D eigenvalue weighted by molar-refractivity contribution is 0.151. The summed E-state index contributed by atoms with van der Waals surface area (Å²) in [5.74, 6) is 0.841. The van der Waals surface area contributed by atoms with Gasteiger partial charge in [0, 0.05) is 18.4 Å². The topological polar surface area (TPSA) is 49.2 Å². The molecule has 0 unspecified atom stereocenters. The number of hydrogen-bond acceptors (Lipinski definition) is 4. The fraction of sp³-hybridized carbons (Fsp3) is 0.600. The van der Waals surface area contributed by atoms with E-state index >= 15 is 0 Å². The van der Waals surface area contributed by atoms with Gasteiger partial charge in [0.05, 0.1) is 13.2 Å². The molecule has 1 aromatic heterocycles. The van der Waals surface area contributed by atoms with Crippen molar-refractivity contribution >= 4 is 0 Å². The first-order chi connectivity index (χ1) is 6.90. The molecule has 0 saturated carbocycles. The average molecular weight is 193 g/mol. The highest BCUT2D eigenvalue weighted by atomic mass is 16.3. The Hall–Kier alpha value is -1.00. The number of likely N-dealkylation sites (tertiary alicyclic amines) is 1. The largest absolute Gasteiger partial charge is 0.395 e. The zero-order valence-corrected chi connectivity index (χ0v) is 8.13. The number of hydrogen-bond donors (Lipinski definition) is 1. The first-order valence-corrected chi connectivity index (χ1v) is 5.01. The number of aromatic nitrogens is 2. The standard InChI is InChI=1S/C10H15N3O/c14-8-9-3-1-6-13(9)7-10-11-4-2-5-12-10/h2,4-5,9,14H,1,3,6-8H2/t9-/m1/s1. The predicted octanol–water partition coefficient (Wildman–Crippen LogP) is 0.433. The van der Waals surface area contributed by atoms with E-state index in [1.807, 2.05) is 6.07 Å². The maximum Gasteiger partial charge on any atom is 0.142 e. The molecule has 0 aromatic carbocycles. The van der Waals surface area contributed by atoms with Crippen molar-refractivity contribution in [2.24, 2.45) is 0 Å². The Morgan fingerprint density at radius 2 is 2.21 bits per heavy atom. The van der Waals surface area contributed by atoms with Crippen molar-refractivity contribution in [1.29, 1.82) is 0 Å². The third-order valence-electron chi connectivity index (χ3n) is 2.67. The van der Waals surface area contributed by atoms with E-state index in [-0.39, 0.29) is 6.61 Å². The van der Waals surface area contributed by atoms with E-state index in [1.54, 1.807) is 12.4 Å². The normalized spacial score (nSPS) is 22.8. The minimum absolute atomic E-state index is 0.243. The third-order valence-corrected chi connectivity index (χ3v) is 2.67. The van der Waals surface area contributed by atoms with Gasteiger partial charge in [0.25, 0.3) is 0 Å². The summed E-state index contributed by atoms with van der Waals surface area (Å²) in [4.78, 5) is 10.6. The summed E-state index contributed by atoms with van der Waals surface area (Å²) >= 11 is 0. The molecule has 14 heavy (non-hydrogen) atoms. The number of aliphatic hydroxyl groups is 1. The molecule has 0 amide bonds. The summed E-state index contributed by atoms with van der Waals surface area (Å²) in [6.07, 6.45) is 5.76. The Kier molecular flexibility index (Phi) is 3.06. The quantitative estimate of drug-likeness (QED) is 0.756. The van der Waals surface area contributed by atoms with Crippen molar-refractivity contribution < 1.29 is 5.11 Å². The van der Waals surface area contributed by atoms with Crippen LogP contribution in [-0.2, 0) is 6.54 Å². The van der Waals surface area contributed by atoms with Gasteiger partial charge in [-0.25, -0.2) is 9.97 Å². The highest BCUT2D eigenvalue weighted by molar-refractivity contribution is 4.90. The monoisotopic (exact) mass is 193 g/mol. The number of aliphatic hydroxyl groups excluding tert-OH is 1. The summed E-state index contributed by atoms with van der Waals surface area (Å²) < 4.78 is 0. The van der Waals surface area contributed by atoms with Gasteiger partial charge in [0.15, 0.2) is 0 Å². The van der Waals surface area contributed by atoms with Crippen molar-refractivity contribution in [2.75, 3.05) is 13.2 Å². The molecule has 2 rings (SSSR count). The third kappa shape index (κ3) is 2.08. The minimum Gasteiger partial charge on any atom is -0.395 e. The molecule has 1 atom stereocenters. The molecule has 4 nitrogen and oxygen atoms in total. The summed E-state index contributed by atoms with van der Waals surface area (Å²) in [5.41, 5.74) is 0. The van der Waals surface area contributed by atoms with Crippen LogP contribution in [0.4, 0.5) is 0 Å². The Morgan fingerprint density at radius 3 is 2.93 bits per heavy atom. The molecule has 1 aliphatic rings. The van der Waals surface area contributed by atoms with Crippen LogP contribution in [-0.4, -0.2) is 39.2 Å². The highest BCUT2D eigenvalue weighted by Gasteiger charge is 2.23. The Labute approximate surface area is 83.6 Å². The molecule has 0 aliphatic carbocycles. The lowest BCUT2D eigenvalue weighted by atomic mass is 10.2. The smallest absolute Gasteiger partial charge is 0.142 e. The molecule has 0 bridgehead atoms. The maximum atomic E-state index is 9.13. The molecule has 0 radical (unpaired) electrons. The fourth-order valence-electron chi connectivity index (χ4n) is 1.90. The SMILES string of the molecule is OC[C@H]1CCCN1Cc1ncccn1. The van der Waals surface area contributed by atoms with Gasteiger partial charge in [0.1, 0.15) is 5.82 Å². The van der Waals surface area contributed by atoms with Crippen LogP contribution < -0.4 is 0 Å². The van der Waals surface area contributed by atoms with Gasteiger partial charge in [-0.3, -0.25) is 4.90 Å². The molecule has 4 heteroatoms. The van der Waals surface area contributed by atoms with E-state index in [0.717, 1.165) is 31.8 Å². The van der Waals surface area contributed by atoms with E-state index in [4.69, 9.17) is 5.11 Å². The van der Waals surface area contributed by atoms with Crippen LogP contribution in [0.3, 0.4) is 0 Å².